The molecular weight excluding hydrogens is 272 g/mol. The minimum atomic E-state index is -1.03. The molecule has 0 aliphatic heterocycles. The average molecular weight is 294 g/mol. The number of ether oxygens (including phenoxy) is 1. The molecule has 1 rings (SSSR count). The maximum Gasteiger partial charge on any atom is 0.338 e. The number of rotatable bonds is 8. The van der Waals surface area contributed by atoms with Gasteiger partial charge in [-0.15, -0.1) is 0 Å². The highest BCUT2D eigenvalue weighted by molar-refractivity contribution is 5.92. The first-order chi connectivity index (χ1) is 9.93. The summed E-state index contributed by atoms with van der Waals surface area (Å²) in [5.41, 5.74) is 0.472. The Bertz CT molecular complexity index is 464. The van der Waals surface area contributed by atoms with E-state index in [4.69, 9.17) is 9.84 Å². The van der Waals surface area contributed by atoms with Crippen molar-refractivity contribution in [3.05, 3.63) is 35.4 Å². The van der Waals surface area contributed by atoms with E-state index in [9.17, 15) is 14.7 Å². The maximum absolute atomic E-state index is 11.9. The van der Waals surface area contributed by atoms with Gasteiger partial charge in [0.2, 0.25) is 0 Å². The van der Waals surface area contributed by atoms with Crippen LogP contribution >= 0.6 is 0 Å². The molecule has 1 aromatic carbocycles. The number of hydrogen-bond acceptors (Lipinski definition) is 4. The summed E-state index contributed by atoms with van der Waals surface area (Å²) in [6, 6.07) is 5.65. The van der Waals surface area contributed by atoms with E-state index in [1.807, 2.05) is 6.92 Å². The van der Waals surface area contributed by atoms with Gasteiger partial charge in [-0.25, -0.2) is 9.59 Å². The lowest BCUT2D eigenvalue weighted by Crippen LogP contribution is -2.15. The monoisotopic (exact) mass is 294 g/mol. The second-order valence-corrected chi connectivity index (χ2v) is 5.18. The Morgan fingerprint density at radius 3 is 2.19 bits per heavy atom. The van der Waals surface area contributed by atoms with Crippen LogP contribution < -0.4 is 0 Å². The molecule has 0 heterocycles. The van der Waals surface area contributed by atoms with Crippen molar-refractivity contribution >= 4 is 11.9 Å². The number of aromatic carboxylic acids is 1. The summed E-state index contributed by atoms with van der Waals surface area (Å²) in [4.78, 5) is 22.6. The maximum atomic E-state index is 11.9. The van der Waals surface area contributed by atoms with Gasteiger partial charge in [-0.2, -0.15) is 0 Å². The molecule has 0 aliphatic rings. The Hall–Kier alpha value is -1.88. The summed E-state index contributed by atoms with van der Waals surface area (Å²) in [5, 5.41) is 18.1. The van der Waals surface area contributed by atoms with Gasteiger partial charge in [-0.05, 0) is 49.9 Å². The molecule has 21 heavy (non-hydrogen) atoms. The van der Waals surface area contributed by atoms with Crippen LogP contribution in [0.3, 0.4) is 0 Å². The molecule has 0 spiro atoms. The van der Waals surface area contributed by atoms with Gasteiger partial charge in [0, 0.05) is 0 Å². The Morgan fingerprint density at radius 1 is 1.14 bits per heavy atom. The molecule has 1 aromatic rings. The third-order valence-electron chi connectivity index (χ3n) is 3.39. The molecule has 0 bridgehead atoms. The van der Waals surface area contributed by atoms with Crippen molar-refractivity contribution in [2.45, 2.75) is 39.2 Å². The predicted octanol–water partition coefficient (Wildman–Crippen LogP) is 2.73. The van der Waals surface area contributed by atoms with Crippen molar-refractivity contribution in [2.75, 3.05) is 6.61 Å². The summed E-state index contributed by atoms with van der Waals surface area (Å²) < 4.78 is 5.25. The summed E-state index contributed by atoms with van der Waals surface area (Å²) in [5.74, 6) is -1.26. The van der Waals surface area contributed by atoms with E-state index < -0.39 is 11.9 Å². The Labute approximate surface area is 124 Å². The van der Waals surface area contributed by atoms with Crippen LogP contribution in [0.1, 0.15) is 53.8 Å². The molecule has 116 valence electrons. The number of esters is 1. The van der Waals surface area contributed by atoms with Crippen LogP contribution in [-0.4, -0.2) is 34.9 Å². The van der Waals surface area contributed by atoms with Crippen molar-refractivity contribution in [3.63, 3.8) is 0 Å². The van der Waals surface area contributed by atoms with E-state index in [0.29, 0.717) is 18.6 Å². The fourth-order valence-electron chi connectivity index (χ4n) is 1.91. The largest absolute Gasteiger partial charge is 0.478 e. The molecule has 2 unspecified atom stereocenters. The molecule has 2 N–H and O–H groups in total. The van der Waals surface area contributed by atoms with Gasteiger partial charge >= 0.3 is 11.9 Å². The van der Waals surface area contributed by atoms with Crippen molar-refractivity contribution in [1.29, 1.82) is 0 Å². The quantitative estimate of drug-likeness (QED) is 0.720. The van der Waals surface area contributed by atoms with Crippen LogP contribution in [0.2, 0.25) is 0 Å². The number of hydrogen-bond donors (Lipinski definition) is 2. The smallest absolute Gasteiger partial charge is 0.338 e. The minimum Gasteiger partial charge on any atom is -0.478 e. The van der Waals surface area contributed by atoms with Crippen LogP contribution in [0.25, 0.3) is 0 Å². The topological polar surface area (TPSA) is 83.8 Å². The first-order valence-electron chi connectivity index (χ1n) is 7.12. The number of carbonyl (C=O) groups is 2. The third-order valence-corrected chi connectivity index (χ3v) is 3.39. The van der Waals surface area contributed by atoms with Gasteiger partial charge in [0.1, 0.15) is 0 Å². The zero-order valence-electron chi connectivity index (χ0n) is 12.4. The first kappa shape index (κ1) is 17.2. The summed E-state index contributed by atoms with van der Waals surface area (Å²) in [6.07, 6.45) is 2.01. The molecule has 0 saturated carbocycles. The van der Waals surface area contributed by atoms with Crippen molar-refractivity contribution in [2.24, 2.45) is 5.92 Å². The molecule has 0 aliphatic carbocycles. The van der Waals surface area contributed by atoms with Gasteiger partial charge in [0.25, 0.3) is 0 Å². The number of benzene rings is 1. The average Bonchev–Trinajstić information content (AvgIpc) is 2.47. The standard InChI is InChI=1S/C16H22O5/c1-3-12(5-4-11(2)17)10-21-16(20)14-8-6-13(7-9-14)15(18)19/h6-9,11-12,17H,3-5,10H2,1-2H3,(H,18,19). The lowest BCUT2D eigenvalue weighted by molar-refractivity contribution is 0.0417. The van der Waals surface area contributed by atoms with E-state index in [1.54, 1.807) is 6.92 Å². The zero-order valence-corrected chi connectivity index (χ0v) is 12.4. The number of aliphatic hydroxyl groups is 1. The summed E-state index contributed by atoms with van der Waals surface area (Å²) in [7, 11) is 0. The number of carboxylic acids is 1. The van der Waals surface area contributed by atoms with E-state index in [2.05, 4.69) is 0 Å². The van der Waals surface area contributed by atoms with Crippen LogP contribution in [-0.2, 0) is 4.74 Å². The van der Waals surface area contributed by atoms with Gasteiger partial charge in [-0.3, -0.25) is 0 Å². The molecule has 0 saturated heterocycles. The first-order valence-corrected chi connectivity index (χ1v) is 7.12. The molecule has 0 aromatic heterocycles. The van der Waals surface area contributed by atoms with Gasteiger partial charge in [-0.1, -0.05) is 13.3 Å². The van der Waals surface area contributed by atoms with Gasteiger partial charge in [0.15, 0.2) is 0 Å². The Balaban J connectivity index is 2.50. The highest BCUT2D eigenvalue weighted by Gasteiger charge is 2.13. The summed E-state index contributed by atoms with van der Waals surface area (Å²) >= 11 is 0. The SMILES string of the molecule is CCC(CCC(C)O)COC(=O)c1ccc(C(=O)O)cc1. The number of aliphatic hydroxyl groups excluding tert-OH is 1. The summed E-state index contributed by atoms with van der Waals surface area (Å²) in [6.45, 7) is 4.06. The van der Waals surface area contributed by atoms with Crippen molar-refractivity contribution in [1.82, 2.24) is 0 Å². The highest BCUT2D eigenvalue weighted by Crippen LogP contribution is 2.14. The number of carbonyl (C=O) groups excluding carboxylic acids is 1. The molecule has 5 nitrogen and oxygen atoms in total. The lowest BCUT2D eigenvalue weighted by atomic mass is 9.99. The van der Waals surface area contributed by atoms with Crippen LogP contribution in [0.15, 0.2) is 24.3 Å². The third kappa shape index (κ3) is 5.95. The van der Waals surface area contributed by atoms with Crippen LogP contribution in [0.5, 0.6) is 0 Å². The molecule has 5 heteroatoms. The second-order valence-electron chi connectivity index (χ2n) is 5.18. The van der Waals surface area contributed by atoms with Gasteiger partial charge in [0.05, 0.1) is 23.8 Å². The second kappa shape index (κ2) is 8.42. The molecule has 0 fully saturated rings. The van der Waals surface area contributed by atoms with E-state index in [0.717, 1.165) is 12.8 Å². The Morgan fingerprint density at radius 2 is 1.71 bits per heavy atom. The van der Waals surface area contributed by atoms with E-state index in [1.165, 1.54) is 24.3 Å². The van der Waals surface area contributed by atoms with Crippen LogP contribution in [0, 0.1) is 5.92 Å². The van der Waals surface area contributed by atoms with E-state index in [-0.39, 0.29) is 17.6 Å². The van der Waals surface area contributed by atoms with Gasteiger partial charge < -0.3 is 14.9 Å². The van der Waals surface area contributed by atoms with Crippen LogP contribution in [0.4, 0.5) is 0 Å². The Kier molecular flexibility index (Phi) is 6.88. The highest BCUT2D eigenvalue weighted by atomic mass is 16.5. The number of carboxylic acid groups (broad SMARTS) is 1. The molecule has 0 amide bonds. The minimum absolute atomic E-state index is 0.134. The fraction of sp³-hybridized carbons (Fsp3) is 0.500. The molecular formula is C16H22O5. The zero-order chi connectivity index (χ0) is 15.8. The normalized spacial score (nSPS) is 13.5. The predicted molar refractivity (Wildman–Crippen MR) is 78.4 cm³/mol. The molecule has 0 radical (unpaired) electrons. The van der Waals surface area contributed by atoms with Crippen molar-refractivity contribution < 1.29 is 24.5 Å². The molecule has 2 atom stereocenters. The van der Waals surface area contributed by atoms with Crippen molar-refractivity contribution in [3.8, 4) is 0 Å². The lowest BCUT2D eigenvalue weighted by Gasteiger charge is -2.16. The fourth-order valence-corrected chi connectivity index (χ4v) is 1.91. The van der Waals surface area contributed by atoms with E-state index >= 15 is 0 Å².